The fraction of sp³-hybridized carbons (Fsp3) is 0.538. The monoisotopic (exact) mass is 280 g/mol. The molecule has 7 heteroatoms. The number of aliphatic imine (C=N–C) groups is 1. The molecule has 1 unspecified atom stereocenters. The van der Waals surface area contributed by atoms with E-state index < -0.39 is 0 Å². The summed E-state index contributed by atoms with van der Waals surface area (Å²) in [7, 11) is 0. The number of carbonyl (C=O) groups excluding carboxylic acids is 1. The first-order chi connectivity index (χ1) is 9.65. The highest BCUT2D eigenvalue weighted by atomic mass is 16.5. The standard InChI is InChI=1S/C13H20N4O3/c1-10-9-17(4-6-19-10)13(14)16-8-12(18)15-7-11-3-2-5-20-11/h2-3,5,10H,4,6-9H2,1H3,(H2,14,16)(H,15,18). The summed E-state index contributed by atoms with van der Waals surface area (Å²) in [6, 6.07) is 3.57. The van der Waals surface area contributed by atoms with Gasteiger partial charge in [0, 0.05) is 13.1 Å². The first-order valence-corrected chi connectivity index (χ1v) is 6.60. The SMILES string of the molecule is CC1CN(C(N)=NCC(=O)NCc2ccco2)CCO1. The molecule has 1 amide bonds. The van der Waals surface area contributed by atoms with Crippen LogP contribution in [-0.4, -0.2) is 49.1 Å². The van der Waals surface area contributed by atoms with Crippen molar-refractivity contribution in [1.82, 2.24) is 10.2 Å². The molecule has 0 saturated carbocycles. The highest BCUT2D eigenvalue weighted by Gasteiger charge is 2.18. The number of furan rings is 1. The van der Waals surface area contributed by atoms with E-state index in [-0.39, 0.29) is 18.6 Å². The fourth-order valence-electron chi connectivity index (χ4n) is 1.93. The van der Waals surface area contributed by atoms with Crippen molar-refractivity contribution in [2.45, 2.75) is 19.6 Å². The van der Waals surface area contributed by atoms with Gasteiger partial charge in [0.2, 0.25) is 5.91 Å². The van der Waals surface area contributed by atoms with Crippen LogP contribution in [0.5, 0.6) is 0 Å². The van der Waals surface area contributed by atoms with Crippen LogP contribution in [0.3, 0.4) is 0 Å². The molecule has 7 nitrogen and oxygen atoms in total. The molecule has 1 atom stereocenters. The number of nitrogens with zero attached hydrogens (tertiary/aromatic N) is 2. The Morgan fingerprint density at radius 3 is 3.20 bits per heavy atom. The molecule has 3 N–H and O–H groups in total. The number of ether oxygens (including phenoxy) is 1. The molecule has 0 bridgehead atoms. The van der Waals surface area contributed by atoms with Crippen molar-refractivity contribution >= 4 is 11.9 Å². The predicted octanol–water partition coefficient (Wildman–Crippen LogP) is -0.0688. The largest absolute Gasteiger partial charge is 0.467 e. The van der Waals surface area contributed by atoms with Crippen LogP contribution >= 0.6 is 0 Å². The van der Waals surface area contributed by atoms with Gasteiger partial charge in [-0.3, -0.25) is 4.79 Å². The topological polar surface area (TPSA) is 93.1 Å². The number of rotatable bonds is 4. The molecule has 1 fully saturated rings. The number of nitrogens with one attached hydrogen (secondary N) is 1. The van der Waals surface area contributed by atoms with Crippen molar-refractivity contribution in [2.75, 3.05) is 26.2 Å². The zero-order valence-corrected chi connectivity index (χ0v) is 11.5. The highest BCUT2D eigenvalue weighted by Crippen LogP contribution is 2.03. The minimum atomic E-state index is -0.189. The van der Waals surface area contributed by atoms with Gasteiger partial charge in [-0.1, -0.05) is 0 Å². The van der Waals surface area contributed by atoms with Crippen LogP contribution in [0.1, 0.15) is 12.7 Å². The number of amides is 1. The summed E-state index contributed by atoms with van der Waals surface area (Å²) in [5.41, 5.74) is 5.87. The maximum Gasteiger partial charge on any atom is 0.242 e. The molecular weight excluding hydrogens is 260 g/mol. The lowest BCUT2D eigenvalue weighted by Crippen LogP contribution is -2.48. The lowest BCUT2D eigenvalue weighted by atomic mass is 10.3. The third-order valence-electron chi connectivity index (χ3n) is 2.99. The van der Waals surface area contributed by atoms with E-state index in [4.69, 9.17) is 14.9 Å². The normalized spacial score (nSPS) is 19.9. The van der Waals surface area contributed by atoms with Crippen LogP contribution < -0.4 is 11.1 Å². The predicted molar refractivity (Wildman–Crippen MR) is 74.0 cm³/mol. The Balaban J connectivity index is 1.74. The average molecular weight is 280 g/mol. The summed E-state index contributed by atoms with van der Waals surface area (Å²) >= 11 is 0. The Hall–Kier alpha value is -2.02. The van der Waals surface area contributed by atoms with Gasteiger partial charge in [0.05, 0.1) is 25.5 Å². The molecular formula is C13H20N4O3. The van der Waals surface area contributed by atoms with Gasteiger partial charge in [-0.2, -0.15) is 0 Å². The second kappa shape index (κ2) is 6.95. The average Bonchev–Trinajstić information content (AvgIpc) is 2.95. The quantitative estimate of drug-likeness (QED) is 0.595. The van der Waals surface area contributed by atoms with E-state index in [0.29, 0.717) is 38.0 Å². The number of hydrogen-bond acceptors (Lipinski definition) is 4. The number of carbonyl (C=O) groups is 1. The van der Waals surface area contributed by atoms with Crippen LogP contribution in [0, 0.1) is 0 Å². The summed E-state index contributed by atoms with van der Waals surface area (Å²) in [4.78, 5) is 17.7. The van der Waals surface area contributed by atoms with Crippen molar-refractivity contribution in [2.24, 2.45) is 10.7 Å². The summed E-state index contributed by atoms with van der Waals surface area (Å²) in [5.74, 6) is 0.899. The van der Waals surface area contributed by atoms with Gasteiger partial charge >= 0.3 is 0 Å². The lowest BCUT2D eigenvalue weighted by Gasteiger charge is -2.31. The summed E-state index contributed by atoms with van der Waals surface area (Å²) in [5, 5.41) is 2.71. The van der Waals surface area contributed by atoms with E-state index in [2.05, 4.69) is 10.3 Å². The molecule has 2 heterocycles. The second-order valence-electron chi connectivity index (χ2n) is 4.66. The van der Waals surface area contributed by atoms with Crippen molar-refractivity contribution in [3.05, 3.63) is 24.2 Å². The third-order valence-corrected chi connectivity index (χ3v) is 2.99. The van der Waals surface area contributed by atoms with E-state index in [1.807, 2.05) is 11.8 Å². The first-order valence-electron chi connectivity index (χ1n) is 6.60. The van der Waals surface area contributed by atoms with Crippen molar-refractivity contribution in [1.29, 1.82) is 0 Å². The van der Waals surface area contributed by atoms with E-state index in [9.17, 15) is 4.79 Å². The Morgan fingerprint density at radius 2 is 2.50 bits per heavy atom. The van der Waals surface area contributed by atoms with E-state index in [1.54, 1.807) is 18.4 Å². The lowest BCUT2D eigenvalue weighted by molar-refractivity contribution is -0.119. The van der Waals surface area contributed by atoms with Crippen LogP contribution in [0.15, 0.2) is 27.8 Å². The highest BCUT2D eigenvalue weighted by molar-refractivity contribution is 5.84. The van der Waals surface area contributed by atoms with Gasteiger partial charge in [-0.25, -0.2) is 4.99 Å². The molecule has 20 heavy (non-hydrogen) atoms. The Labute approximate surface area is 117 Å². The Bertz CT molecular complexity index is 458. The fourth-order valence-corrected chi connectivity index (χ4v) is 1.93. The van der Waals surface area contributed by atoms with E-state index >= 15 is 0 Å². The Kier molecular flexibility index (Phi) is 5.00. The molecule has 0 spiro atoms. The zero-order chi connectivity index (χ0) is 14.4. The molecule has 1 aromatic rings. The van der Waals surface area contributed by atoms with E-state index in [0.717, 1.165) is 0 Å². The molecule has 2 rings (SSSR count). The second-order valence-corrected chi connectivity index (χ2v) is 4.66. The molecule has 1 aromatic heterocycles. The molecule has 0 aromatic carbocycles. The molecule has 0 radical (unpaired) electrons. The number of guanidine groups is 1. The van der Waals surface area contributed by atoms with Crippen LogP contribution in [0.2, 0.25) is 0 Å². The summed E-state index contributed by atoms with van der Waals surface area (Å²) in [6.45, 7) is 4.38. The summed E-state index contributed by atoms with van der Waals surface area (Å²) < 4.78 is 10.5. The molecule has 110 valence electrons. The first kappa shape index (κ1) is 14.4. The summed E-state index contributed by atoms with van der Waals surface area (Å²) in [6.07, 6.45) is 1.70. The van der Waals surface area contributed by atoms with E-state index in [1.165, 1.54) is 0 Å². The number of nitrogens with two attached hydrogens (primary N) is 1. The van der Waals surface area contributed by atoms with Crippen LogP contribution in [0.25, 0.3) is 0 Å². The van der Waals surface area contributed by atoms with Gasteiger partial charge in [0.25, 0.3) is 0 Å². The Morgan fingerprint density at radius 1 is 1.65 bits per heavy atom. The van der Waals surface area contributed by atoms with Crippen LogP contribution in [0.4, 0.5) is 0 Å². The molecule has 1 aliphatic rings. The maximum absolute atomic E-state index is 11.6. The van der Waals surface area contributed by atoms with Crippen molar-refractivity contribution in [3.63, 3.8) is 0 Å². The van der Waals surface area contributed by atoms with Gasteiger partial charge in [0.15, 0.2) is 5.96 Å². The van der Waals surface area contributed by atoms with Crippen LogP contribution in [-0.2, 0) is 16.1 Å². The van der Waals surface area contributed by atoms with Gasteiger partial charge in [-0.15, -0.1) is 0 Å². The minimum absolute atomic E-state index is 0.0122. The zero-order valence-electron chi connectivity index (χ0n) is 11.5. The van der Waals surface area contributed by atoms with Gasteiger partial charge in [0.1, 0.15) is 12.3 Å². The molecule has 1 aliphatic heterocycles. The van der Waals surface area contributed by atoms with Crippen molar-refractivity contribution in [3.8, 4) is 0 Å². The van der Waals surface area contributed by atoms with Gasteiger partial charge < -0.3 is 25.1 Å². The smallest absolute Gasteiger partial charge is 0.242 e. The third kappa shape index (κ3) is 4.27. The van der Waals surface area contributed by atoms with Gasteiger partial charge in [-0.05, 0) is 19.1 Å². The minimum Gasteiger partial charge on any atom is -0.467 e. The molecule has 0 aliphatic carbocycles. The number of morpholine rings is 1. The van der Waals surface area contributed by atoms with Crippen molar-refractivity contribution < 1.29 is 13.9 Å². The molecule has 1 saturated heterocycles. The maximum atomic E-state index is 11.6. The number of hydrogen-bond donors (Lipinski definition) is 2.